The Morgan fingerprint density at radius 1 is 1.11 bits per heavy atom. The third-order valence-electron chi connectivity index (χ3n) is 6.72. The van der Waals surface area contributed by atoms with Gasteiger partial charge in [-0.1, -0.05) is 31.5 Å². The first-order valence-electron chi connectivity index (χ1n) is 12.3. The van der Waals surface area contributed by atoms with Crippen LogP contribution in [0.15, 0.2) is 42.5 Å². The number of anilines is 2. The van der Waals surface area contributed by atoms with E-state index in [9.17, 15) is 27.6 Å². The van der Waals surface area contributed by atoms with Crippen molar-refractivity contribution in [1.29, 1.82) is 0 Å². The van der Waals surface area contributed by atoms with Crippen molar-refractivity contribution in [1.82, 2.24) is 0 Å². The molecule has 36 heavy (non-hydrogen) atoms. The molecule has 0 saturated heterocycles. The molecule has 1 aliphatic carbocycles. The highest BCUT2D eigenvalue weighted by molar-refractivity contribution is 6.07. The largest absolute Gasteiger partial charge is 0.416 e. The van der Waals surface area contributed by atoms with E-state index < -0.39 is 17.6 Å². The molecule has 4 rings (SSSR count). The van der Waals surface area contributed by atoms with Gasteiger partial charge in [0.2, 0.25) is 11.8 Å². The topological polar surface area (TPSA) is 66.5 Å². The van der Waals surface area contributed by atoms with Gasteiger partial charge in [-0.3, -0.25) is 14.4 Å². The van der Waals surface area contributed by atoms with E-state index in [-0.39, 0.29) is 36.8 Å². The number of amides is 2. The molecule has 2 aliphatic rings. The number of carbonyl (C=O) groups excluding carboxylic acids is 3. The minimum absolute atomic E-state index is 0.119. The third kappa shape index (κ3) is 5.69. The summed E-state index contributed by atoms with van der Waals surface area (Å²) in [5.74, 6) is -0.523. The maximum atomic E-state index is 13.5. The molecule has 0 spiro atoms. The van der Waals surface area contributed by atoms with Crippen molar-refractivity contribution in [3.63, 3.8) is 0 Å². The number of fused-ring (bicyclic) bond motifs is 2. The molecule has 0 saturated carbocycles. The lowest BCUT2D eigenvalue weighted by Crippen LogP contribution is -2.31. The molecule has 2 amide bonds. The quantitative estimate of drug-likeness (QED) is 0.507. The van der Waals surface area contributed by atoms with Crippen LogP contribution in [-0.4, -0.2) is 24.1 Å². The molecule has 0 radical (unpaired) electrons. The van der Waals surface area contributed by atoms with E-state index in [1.165, 1.54) is 17.0 Å². The number of rotatable bonds is 5. The third-order valence-corrected chi connectivity index (χ3v) is 6.72. The minimum atomic E-state index is -4.55. The standard InChI is InChI=1S/C28H29F3N2O3/c1-2-3-9-27(36)33-14-5-7-19(22-13-11-20(16-25(22)33)28(29,30)31)15-26(35)32-24-8-4-6-18-10-12-21(34)17-23(18)24/h4,6,8,11,13,15-16H,2-3,5,7,9-10,12,14,17H2,1H3,(H,32,35). The highest BCUT2D eigenvalue weighted by atomic mass is 19.4. The lowest BCUT2D eigenvalue weighted by atomic mass is 9.89. The molecular weight excluding hydrogens is 469 g/mol. The van der Waals surface area contributed by atoms with Crippen molar-refractivity contribution in [2.75, 3.05) is 16.8 Å². The van der Waals surface area contributed by atoms with Crippen molar-refractivity contribution >= 4 is 34.5 Å². The van der Waals surface area contributed by atoms with E-state index >= 15 is 0 Å². The summed E-state index contributed by atoms with van der Waals surface area (Å²) in [6.45, 7) is 2.23. The van der Waals surface area contributed by atoms with Crippen molar-refractivity contribution < 1.29 is 27.6 Å². The van der Waals surface area contributed by atoms with Crippen molar-refractivity contribution in [3.05, 3.63) is 64.7 Å². The highest BCUT2D eigenvalue weighted by Gasteiger charge is 2.33. The molecule has 0 unspecified atom stereocenters. The summed E-state index contributed by atoms with van der Waals surface area (Å²) in [4.78, 5) is 39.3. The number of Topliss-reactive ketones (excluding diaryl/α,β-unsaturated/α-hetero) is 1. The SMILES string of the molecule is CCCCC(=O)N1CCCC(=CC(=O)Nc2cccc3c2CC(=O)CC3)c2ccc(C(F)(F)F)cc21. The Balaban J connectivity index is 1.68. The molecule has 2 aromatic rings. The van der Waals surface area contributed by atoms with E-state index in [0.717, 1.165) is 29.7 Å². The van der Waals surface area contributed by atoms with Gasteiger partial charge < -0.3 is 10.2 Å². The predicted octanol–water partition coefficient (Wildman–Crippen LogP) is 6.10. The van der Waals surface area contributed by atoms with Crippen molar-refractivity contribution in [2.24, 2.45) is 0 Å². The summed E-state index contributed by atoms with van der Waals surface area (Å²) in [7, 11) is 0. The molecule has 0 aromatic heterocycles. The van der Waals surface area contributed by atoms with Crippen LogP contribution in [0.3, 0.4) is 0 Å². The lowest BCUT2D eigenvalue weighted by molar-refractivity contribution is -0.137. The number of ketones is 1. The second-order valence-electron chi connectivity index (χ2n) is 9.30. The minimum Gasteiger partial charge on any atom is -0.322 e. The Kier molecular flexibility index (Phi) is 7.62. The average Bonchev–Trinajstić information content (AvgIpc) is 3.01. The summed E-state index contributed by atoms with van der Waals surface area (Å²) in [5, 5.41) is 2.86. The number of carbonyl (C=O) groups is 3. The van der Waals surface area contributed by atoms with Crippen LogP contribution < -0.4 is 10.2 Å². The Labute approximate surface area is 208 Å². The van der Waals surface area contributed by atoms with E-state index in [0.29, 0.717) is 48.9 Å². The normalized spacial score (nSPS) is 16.8. The second-order valence-corrected chi connectivity index (χ2v) is 9.30. The van der Waals surface area contributed by atoms with Crippen LogP contribution in [0.2, 0.25) is 0 Å². The number of allylic oxidation sites excluding steroid dienone is 1. The highest BCUT2D eigenvalue weighted by Crippen LogP contribution is 2.39. The van der Waals surface area contributed by atoms with Gasteiger partial charge in [0.25, 0.3) is 0 Å². The number of hydrogen-bond donors (Lipinski definition) is 1. The molecule has 190 valence electrons. The monoisotopic (exact) mass is 498 g/mol. The number of nitrogens with one attached hydrogen (secondary N) is 1. The lowest BCUT2D eigenvalue weighted by Gasteiger charge is -2.24. The predicted molar refractivity (Wildman–Crippen MR) is 133 cm³/mol. The number of hydrogen-bond acceptors (Lipinski definition) is 3. The smallest absolute Gasteiger partial charge is 0.322 e. The molecule has 1 N–H and O–H groups in total. The molecule has 0 fully saturated rings. The first-order chi connectivity index (χ1) is 17.2. The van der Waals surface area contributed by atoms with Gasteiger partial charge in [0.05, 0.1) is 11.3 Å². The van der Waals surface area contributed by atoms with Gasteiger partial charge in [-0.05, 0) is 60.6 Å². The Morgan fingerprint density at radius 2 is 1.92 bits per heavy atom. The van der Waals surface area contributed by atoms with Crippen molar-refractivity contribution in [2.45, 2.75) is 64.5 Å². The zero-order chi connectivity index (χ0) is 25.9. The van der Waals surface area contributed by atoms with Crippen LogP contribution in [0.1, 0.15) is 67.7 Å². The van der Waals surface area contributed by atoms with E-state index in [4.69, 9.17) is 0 Å². The molecular formula is C28H29F3N2O3. The Hall–Kier alpha value is -3.42. The zero-order valence-electron chi connectivity index (χ0n) is 20.2. The molecule has 2 aromatic carbocycles. The van der Waals surface area contributed by atoms with Gasteiger partial charge in [-0.15, -0.1) is 0 Å². The summed E-state index contributed by atoms with van der Waals surface area (Å²) in [5.41, 5.74) is 2.78. The molecule has 5 nitrogen and oxygen atoms in total. The van der Waals surface area contributed by atoms with Gasteiger partial charge in [0.1, 0.15) is 5.78 Å². The molecule has 8 heteroatoms. The van der Waals surface area contributed by atoms with Gasteiger partial charge in [0, 0.05) is 43.1 Å². The fourth-order valence-corrected chi connectivity index (χ4v) is 4.84. The maximum Gasteiger partial charge on any atom is 0.416 e. The molecule has 1 heterocycles. The first kappa shape index (κ1) is 25.7. The Morgan fingerprint density at radius 3 is 2.67 bits per heavy atom. The van der Waals surface area contributed by atoms with Gasteiger partial charge >= 0.3 is 6.18 Å². The summed E-state index contributed by atoms with van der Waals surface area (Å²) in [6, 6.07) is 8.88. The number of halogens is 3. The number of unbranched alkanes of at least 4 members (excludes halogenated alkanes) is 1. The number of benzene rings is 2. The average molecular weight is 499 g/mol. The first-order valence-corrected chi connectivity index (χ1v) is 12.3. The van der Waals surface area contributed by atoms with Crippen LogP contribution >= 0.6 is 0 Å². The van der Waals surface area contributed by atoms with E-state index in [1.54, 1.807) is 6.07 Å². The number of aryl methyl sites for hydroxylation is 1. The number of nitrogens with zero attached hydrogens (tertiary/aromatic N) is 1. The fraction of sp³-hybridized carbons (Fsp3) is 0.393. The molecule has 0 atom stereocenters. The van der Waals surface area contributed by atoms with Crippen LogP contribution in [0.5, 0.6) is 0 Å². The molecule has 0 bridgehead atoms. The van der Waals surface area contributed by atoms with E-state index in [1.807, 2.05) is 19.1 Å². The summed E-state index contributed by atoms with van der Waals surface area (Å²) < 4.78 is 40.5. The molecule has 1 aliphatic heterocycles. The summed E-state index contributed by atoms with van der Waals surface area (Å²) in [6.07, 6.45) is 0.893. The van der Waals surface area contributed by atoms with E-state index in [2.05, 4.69) is 5.32 Å². The Bertz CT molecular complexity index is 1220. The van der Waals surface area contributed by atoms with Crippen molar-refractivity contribution in [3.8, 4) is 0 Å². The number of alkyl halides is 3. The fourth-order valence-electron chi connectivity index (χ4n) is 4.84. The van der Waals surface area contributed by atoms with Crippen LogP contribution in [0.4, 0.5) is 24.5 Å². The summed E-state index contributed by atoms with van der Waals surface area (Å²) >= 11 is 0. The second kappa shape index (κ2) is 10.7. The van der Waals surface area contributed by atoms with Gasteiger partial charge in [0.15, 0.2) is 0 Å². The van der Waals surface area contributed by atoms with Crippen LogP contribution in [0.25, 0.3) is 5.57 Å². The van der Waals surface area contributed by atoms with Gasteiger partial charge in [-0.25, -0.2) is 0 Å². The van der Waals surface area contributed by atoms with Crippen LogP contribution in [-0.2, 0) is 33.4 Å². The zero-order valence-corrected chi connectivity index (χ0v) is 20.2. The van der Waals surface area contributed by atoms with Crippen LogP contribution in [0, 0.1) is 0 Å². The maximum absolute atomic E-state index is 13.5. The van der Waals surface area contributed by atoms with Gasteiger partial charge in [-0.2, -0.15) is 13.2 Å².